The highest BCUT2D eigenvalue weighted by atomic mass is 15.1. The summed E-state index contributed by atoms with van der Waals surface area (Å²) < 4.78 is 0. The molecule has 2 N–H and O–H groups in total. The number of hydrogen-bond acceptors (Lipinski definition) is 2. The maximum absolute atomic E-state index is 4.11. The standard InChI is InChI=1S/C20H17N3/c1-2-6-15(7-3-1)12-16-8-4-9-17(13-16)22-19-10-5-11-20-18(19)14-21-23-20/h1-11,13-14,22H,12H2,(H,21,23). The van der Waals surface area contributed by atoms with Gasteiger partial charge in [0.2, 0.25) is 0 Å². The molecule has 0 bridgehead atoms. The van der Waals surface area contributed by atoms with E-state index in [1.165, 1.54) is 11.1 Å². The summed E-state index contributed by atoms with van der Waals surface area (Å²) in [6.45, 7) is 0. The molecule has 1 heterocycles. The van der Waals surface area contributed by atoms with E-state index in [0.717, 1.165) is 28.7 Å². The van der Waals surface area contributed by atoms with Crippen molar-refractivity contribution < 1.29 is 0 Å². The van der Waals surface area contributed by atoms with E-state index in [4.69, 9.17) is 0 Å². The van der Waals surface area contributed by atoms with Gasteiger partial charge in [0.15, 0.2) is 0 Å². The van der Waals surface area contributed by atoms with Crippen LogP contribution in [0.5, 0.6) is 0 Å². The lowest BCUT2D eigenvalue weighted by atomic mass is 10.0. The number of H-pyrrole nitrogens is 1. The average Bonchev–Trinajstić information content (AvgIpc) is 3.06. The van der Waals surface area contributed by atoms with Crippen molar-refractivity contribution in [2.45, 2.75) is 6.42 Å². The minimum Gasteiger partial charge on any atom is -0.355 e. The summed E-state index contributed by atoms with van der Waals surface area (Å²) in [6.07, 6.45) is 2.79. The summed E-state index contributed by atoms with van der Waals surface area (Å²) in [5.74, 6) is 0. The molecule has 0 saturated carbocycles. The molecule has 112 valence electrons. The molecule has 0 aliphatic carbocycles. The molecule has 4 rings (SSSR count). The molecular formula is C20H17N3. The van der Waals surface area contributed by atoms with Gasteiger partial charge in [0.1, 0.15) is 0 Å². The zero-order valence-electron chi connectivity index (χ0n) is 12.7. The van der Waals surface area contributed by atoms with Crippen molar-refractivity contribution in [2.75, 3.05) is 5.32 Å². The number of hydrogen-bond donors (Lipinski definition) is 2. The maximum atomic E-state index is 4.11. The summed E-state index contributed by atoms with van der Waals surface area (Å²) in [5.41, 5.74) is 5.80. The minimum atomic E-state index is 0.937. The minimum absolute atomic E-state index is 0.937. The fourth-order valence-corrected chi connectivity index (χ4v) is 2.82. The third-order valence-electron chi connectivity index (χ3n) is 3.94. The van der Waals surface area contributed by atoms with Gasteiger partial charge in [-0.1, -0.05) is 48.5 Å². The van der Waals surface area contributed by atoms with Gasteiger partial charge in [-0.05, 0) is 41.8 Å². The predicted molar refractivity (Wildman–Crippen MR) is 95.1 cm³/mol. The van der Waals surface area contributed by atoms with E-state index in [9.17, 15) is 0 Å². The molecule has 0 aliphatic heterocycles. The summed E-state index contributed by atoms with van der Waals surface area (Å²) in [4.78, 5) is 0. The Balaban J connectivity index is 1.60. The Morgan fingerprint density at radius 1 is 0.826 bits per heavy atom. The lowest BCUT2D eigenvalue weighted by Crippen LogP contribution is -1.93. The van der Waals surface area contributed by atoms with Crippen LogP contribution in [0, 0.1) is 0 Å². The summed E-state index contributed by atoms with van der Waals surface area (Å²) in [7, 11) is 0. The fourth-order valence-electron chi connectivity index (χ4n) is 2.82. The van der Waals surface area contributed by atoms with E-state index in [1.807, 2.05) is 24.4 Å². The number of rotatable bonds is 4. The zero-order valence-corrected chi connectivity index (χ0v) is 12.7. The van der Waals surface area contributed by atoms with Gasteiger partial charge >= 0.3 is 0 Å². The Hall–Kier alpha value is -3.07. The topological polar surface area (TPSA) is 40.7 Å². The molecule has 0 aliphatic rings. The molecule has 0 amide bonds. The van der Waals surface area contributed by atoms with E-state index in [2.05, 4.69) is 70.1 Å². The number of nitrogens with zero attached hydrogens (tertiary/aromatic N) is 1. The van der Waals surface area contributed by atoms with E-state index in [1.54, 1.807) is 0 Å². The van der Waals surface area contributed by atoms with E-state index in [-0.39, 0.29) is 0 Å². The molecular weight excluding hydrogens is 282 g/mol. The molecule has 23 heavy (non-hydrogen) atoms. The summed E-state index contributed by atoms with van der Waals surface area (Å²) in [6, 6.07) is 25.2. The highest BCUT2D eigenvalue weighted by Crippen LogP contribution is 2.25. The van der Waals surface area contributed by atoms with E-state index in [0.29, 0.717) is 0 Å². The van der Waals surface area contributed by atoms with Crippen molar-refractivity contribution in [1.29, 1.82) is 0 Å². The Morgan fingerprint density at radius 3 is 2.57 bits per heavy atom. The monoisotopic (exact) mass is 299 g/mol. The summed E-state index contributed by atoms with van der Waals surface area (Å²) >= 11 is 0. The molecule has 1 aromatic heterocycles. The Labute approximate surface area is 135 Å². The summed E-state index contributed by atoms with van der Waals surface area (Å²) in [5, 5.41) is 11.7. The normalized spacial score (nSPS) is 10.8. The molecule has 0 spiro atoms. The Bertz CT molecular complexity index is 926. The van der Waals surface area contributed by atoms with Crippen molar-refractivity contribution >= 4 is 22.3 Å². The Morgan fingerprint density at radius 2 is 1.65 bits per heavy atom. The number of fused-ring (bicyclic) bond motifs is 1. The van der Waals surface area contributed by atoms with Crippen LogP contribution in [0.3, 0.4) is 0 Å². The van der Waals surface area contributed by atoms with Crippen LogP contribution >= 0.6 is 0 Å². The van der Waals surface area contributed by atoms with Gasteiger partial charge in [0.05, 0.1) is 11.7 Å². The predicted octanol–water partition coefficient (Wildman–Crippen LogP) is 4.90. The van der Waals surface area contributed by atoms with E-state index >= 15 is 0 Å². The number of nitrogens with one attached hydrogen (secondary N) is 2. The first-order valence-corrected chi connectivity index (χ1v) is 7.70. The first-order valence-electron chi connectivity index (χ1n) is 7.70. The van der Waals surface area contributed by atoms with Crippen molar-refractivity contribution in [3.8, 4) is 0 Å². The first-order chi connectivity index (χ1) is 11.4. The number of benzene rings is 3. The second-order valence-corrected chi connectivity index (χ2v) is 5.62. The molecule has 0 unspecified atom stereocenters. The van der Waals surface area contributed by atoms with Crippen LogP contribution in [-0.4, -0.2) is 10.2 Å². The Kier molecular flexibility index (Phi) is 3.53. The van der Waals surface area contributed by atoms with Crippen molar-refractivity contribution in [3.63, 3.8) is 0 Å². The van der Waals surface area contributed by atoms with Crippen LogP contribution in [0.4, 0.5) is 11.4 Å². The fraction of sp³-hybridized carbons (Fsp3) is 0.0500. The van der Waals surface area contributed by atoms with Crippen molar-refractivity contribution in [2.24, 2.45) is 0 Å². The van der Waals surface area contributed by atoms with Gasteiger partial charge in [-0.25, -0.2) is 0 Å². The van der Waals surface area contributed by atoms with Crippen LogP contribution in [0.25, 0.3) is 10.9 Å². The molecule has 0 atom stereocenters. The zero-order chi connectivity index (χ0) is 15.5. The highest BCUT2D eigenvalue weighted by Gasteiger charge is 2.03. The lowest BCUT2D eigenvalue weighted by molar-refractivity contribution is 1.12. The largest absolute Gasteiger partial charge is 0.355 e. The van der Waals surface area contributed by atoms with Crippen LogP contribution in [-0.2, 0) is 6.42 Å². The molecule has 0 fully saturated rings. The van der Waals surface area contributed by atoms with Gasteiger partial charge < -0.3 is 5.32 Å². The van der Waals surface area contributed by atoms with Crippen molar-refractivity contribution in [3.05, 3.63) is 90.1 Å². The first kappa shape index (κ1) is 13.6. The molecule has 0 saturated heterocycles. The van der Waals surface area contributed by atoms with Crippen LogP contribution in [0.15, 0.2) is 79.0 Å². The van der Waals surface area contributed by atoms with Gasteiger partial charge in [0.25, 0.3) is 0 Å². The average molecular weight is 299 g/mol. The van der Waals surface area contributed by atoms with E-state index < -0.39 is 0 Å². The van der Waals surface area contributed by atoms with Gasteiger partial charge in [-0.2, -0.15) is 5.10 Å². The molecule has 4 aromatic rings. The van der Waals surface area contributed by atoms with Gasteiger partial charge in [0, 0.05) is 16.8 Å². The smallest absolute Gasteiger partial charge is 0.0671 e. The van der Waals surface area contributed by atoms with Gasteiger partial charge in [-0.15, -0.1) is 0 Å². The SMILES string of the molecule is c1ccc(Cc2cccc(Nc3cccc4[nH]ncc34)c2)cc1. The maximum Gasteiger partial charge on any atom is 0.0671 e. The highest BCUT2D eigenvalue weighted by molar-refractivity contribution is 5.92. The second kappa shape index (κ2) is 5.97. The molecule has 3 aromatic carbocycles. The third kappa shape index (κ3) is 2.94. The number of aromatic nitrogens is 2. The van der Waals surface area contributed by atoms with Gasteiger partial charge in [-0.3, -0.25) is 5.10 Å². The van der Waals surface area contributed by atoms with Crippen LogP contribution < -0.4 is 5.32 Å². The lowest BCUT2D eigenvalue weighted by Gasteiger charge is -2.09. The third-order valence-corrected chi connectivity index (χ3v) is 3.94. The van der Waals surface area contributed by atoms with Crippen LogP contribution in [0.2, 0.25) is 0 Å². The quantitative estimate of drug-likeness (QED) is 0.563. The molecule has 3 nitrogen and oxygen atoms in total. The second-order valence-electron chi connectivity index (χ2n) is 5.62. The number of anilines is 2. The number of aromatic amines is 1. The molecule has 3 heteroatoms. The van der Waals surface area contributed by atoms with Crippen LogP contribution in [0.1, 0.15) is 11.1 Å². The van der Waals surface area contributed by atoms with Crippen molar-refractivity contribution in [1.82, 2.24) is 10.2 Å². The molecule has 0 radical (unpaired) electrons.